The SMILES string of the molecule is CCOP(=O)(OCC)/C(C#N)=C\c1nc[nH]c1C. The number of hydrogen-bond donors (Lipinski definition) is 1. The number of aromatic amines is 1. The van der Waals surface area contributed by atoms with Gasteiger partial charge in [-0.3, -0.25) is 4.57 Å². The third-order valence-electron chi connectivity index (χ3n) is 2.15. The van der Waals surface area contributed by atoms with Gasteiger partial charge in [-0.1, -0.05) is 0 Å². The summed E-state index contributed by atoms with van der Waals surface area (Å²) in [4.78, 5) is 6.90. The molecule has 0 saturated carbocycles. The van der Waals surface area contributed by atoms with Gasteiger partial charge >= 0.3 is 7.60 Å². The van der Waals surface area contributed by atoms with Crippen molar-refractivity contribution in [3.05, 3.63) is 23.0 Å². The maximum Gasteiger partial charge on any atom is 0.371 e. The Bertz CT molecular complexity index is 506. The Morgan fingerprint density at radius 3 is 2.56 bits per heavy atom. The summed E-state index contributed by atoms with van der Waals surface area (Å²) in [7, 11) is -3.54. The van der Waals surface area contributed by atoms with Crippen LogP contribution in [0.1, 0.15) is 25.2 Å². The fourth-order valence-corrected chi connectivity index (χ4v) is 2.77. The molecule has 0 amide bonds. The number of hydrogen-bond acceptors (Lipinski definition) is 5. The van der Waals surface area contributed by atoms with E-state index in [1.165, 1.54) is 12.4 Å². The normalized spacial score (nSPS) is 12.4. The van der Waals surface area contributed by atoms with Gasteiger partial charge in [0.15, 0.2) is 0 Å². The average Bonchev–Trinajstić information content (AvgIpc) is 2.72. The van der Waals surface area contributed by atoms with Crippen LogP contribution in [0.5, 0.6) is 0 Å². The monoisotopic (exact) mass is 269 g/mol. The van der Waals surface area contributed by atoms with E-state index in [1.807, 2.05) is 6.07 Å². The number of imidazole rings is 1. The third-order valence-corrected chi connectivity index (χ3v) is 4.17. The van der Waals surface area contributed by atoms with Gasteiger partial charge in [-0.25, -0.2) is 4.98 Å². The molecule has 1 aromatic rings. The van der Waals surface area contributed by atoms with Crippen LogP contribution in [0.15, 0.2) is 11.6 Å². The highest BCUT2D eigenvalue weighted by molar-refractivity contribution is 7.59. The highest BCUT2D eigenvalue weighted by Gasteiger charge is 2.30. The predicted molar refractivity (Wildman–Crippen MR) is 67.8 cm³/mol. The Hall–Kier alpha value is -1.41. The van der Waals surface area contributed by atoms with Crippen molar-refractivity contribution in [2.75, 3.05) is 13.2 Å². The molecule has 0 saturated heterocycles. The summed E-state index contributed by atoms with van der Waals surface area (Å²) in [6.45, 7) is 5.60. The average molecular weight is 269 g/mol. The Morgan fingerprint density at radius 1 is 1.56 bits per heavy atom. The van der Waals surface area contributed by atoms with Crippen LogP contribution in [0.3, 0.4) is 0 Å². The molecule has 1 aromatic heterocycles. The second-order valence-electron chi connectivity index (χ2n) is 3.39. The van der Waals surface area contributed by atoms with Crippen LogP contribution in [0.4, 0.5) is 0 Å². The van der Waals surface area contributed by atoms with E-state index in [1.54, 1.807) is 20.8 Å². The fraction of sp³-hybridized carbons (Fsp3) is 0.455. The van der Waals surface area contributed by atoms with E-state index in [9.17, 15) is 4.57 Å². The van der Waals surface area contributed by atoms with Crippen molar-refractivity contribution in [1.29, 1.82) is 5.26 Å². The minimum absolute atomic E-state index is 0.0404. The minimum Gasteiger partial charge on any atom is -0.348 e. The zero-order valence-electron chi connectivity index (χ0n) is 10.6. The summed E-state index contributed by atoms with van der Waals surface area (Å²) in [5, 5.41) is 9.08. The number of aryl methyl sites for hydroxylation is 1. The lowest BCUT2D eigenvalue weighted by atomic mass is 10.3. The van der Waals surface area contributed by atoms with Gasteiger partial charge in [-0.2, -0.15) is 5.26 Å². The molecule has 0 unspecified atom stereocenters. The molecule has 1 N–H and O–H groups in total. The van der Waals surface area contributed by atoms with Gasteiger partial charge in [-0.15, -0.1) is 0 Å². The Labute approximate surface area is 106 Å². The highest BCUT2D eigenvalue weighted by atomic mass is 31.2. The molecule has 6 nitrogen and oxygen atoms in total. The third kappa shape index (κ3) is 3.30. The summed E-state index contributed by atoms with van der Waals surface area (Å²) in [6.07, 6.45) is 2.93. The van der Waals surface area contributed by atoms with E-state index in [2.05, 4.69) is 9.97 Å². The first kappa shape index (κ1) is 14.7. The first-order valence-electron chi connectivity index (χ1n) is 5.58. The second-order valence-corrected chi connectivity index (χ2v) is 5.38. The molecule has 1 heterocycles. The van der Waals surface area contributed by atoms with Crippen LogP contribution in [0.25, 0.3) is 6.08 Å². The van der Waals surface area contributed by atoms with Crippen LogP contribution < -0.4 is 0 Å². The van der Waals surface area contributed by atoms with Crippen molar-refractivity contribution in [1.82, 2.24) is 9.97 Å². The van der Waals surface area contributed by atoms with E-state index < -0.39 is 7.60 Å². The largest absolute Gasteiger partial charge is 0.371 e. The van der Waals surface area contributed by atoms with Crippen molar-refractivity contribution in [2.45, 2.75) is 20.8 Å². The maximum atomic E-state index is 12.4. The molecule has 0 aliphatic rings. The minimum atomic E-state index is -3.54. The second kappa shape index (κ2) is 6.50. The van der Waals surface area contributed by atoms with Gasteiger partial charge in [0.05, 0.1) is 25.2 Å². The van der Waals surface area contributed by atoms with Crippen LogP contribution in [-0.4, -0.2) is 23.2 Å². The van der Waals surface area contributed by atoms with Gasteiger partial charge in [0.1, 0.15) is 11.4 Å². The van der Waals surface area contributed by atoms with Gasteiger partial charge in [0.2, 0.25) is 0 Å². The van der Waals surface area contributed by atoms with Crippen LogP contribution >= 0.6 is 7.60 Å². The van der Waals surface area contributed by atoms with Gasteiger partial charge < -0.3 is 14.0 Å². The van der Waals surface area contributed by atoms with Crippen molar-refractivity contribution in [3.8, 4) is 6.07 Å². The van der Waals surface area contributed by atoms with Gasteiger partial charge in [-0.05, 0) is 26.8 Å². The molecule has 0 aromatic carbocycles. The number of nitriles is 1. The molecule has 0 aliphatic heterocycles. The summed E-state index contributed by atoms with van der Waals surface area (Å²) < 4.78 is 22.6. The molecule has 1 rings (SSSR count). The molecular formula is C11H16N3O3P. The molecule has 98 valence electrons. The molecule has 18 heavy (non-hydrogen) atoms. The first-order chi connectivity index (χ1) is 8.57. The Balaban J connectivity index is 3.15. The quantitative estimate of drug-likeness (QED) is 0.633. The summed E-state index contributed by atoms with van der Waals surface area (Å²) in [6, 6.07) is 1.87. The Morgan fingerprint density at radius 2 is 2.17 bits per heavy atom. The predicted octanol–water partition coefficient (Wildman–Crippen LogP) is 2.85. The summed E-state index contributed by atoms with van der Waals surface area (Å²) in [5.41, 5.74) is 1.33. The Kier molecular flexibility index (Phi) is 5.29. The van der Waals surface area contributed by atoms with Crippen molar-refractivity contribution in [3.63, 3.8) is 0 Å². The van der Waals surface area contributed by atoms with Gasteiger partial charge in [0.25, 0.3) is 0 Å². The van der Waals surface area contributed by atoms with Crippen LogP contribution in [-0.2, 0) is 13.6 Å². The lowest BCUT2D eigenvalue weighted by Gasteiger charge is -2.15. The van der Waals surface area contributed by atoms with E-state index in [-0.39, 0.29) is 18.5 Å². The fourth-order valence-electron chi connectivity index (χ4n) is 1.33. The molecule has 0 atom stereocenters. The maximum absolute atomic E-state index is 12.4. The lowest BCUT2D eigenvalue weighted by Crippen LogP contribution is -1.98. The van der Waals surface area contributed by atoms with E-state index >= 15 is 0 Å². The van der Waals surface area contributed by atoms with Crippen molar-refractivity contribution < 1.29 is 13.6 Å². The van der Waals surface area contributed by atoms with Crippen LogP contribution in [0, 0.1) is 18.3 Å². The molecule has 7 heteroatoms. The standard InChI is InChI=1S/C11H16N3O3P/c1-4-16-18(15,17-5-2)10(7-12)6-11-9(3)13-8-14-11/h6,8H,4-5H2,1-3H3,(H,13,14)/b10-6-. The van der Waals surface area contributed by atoms with E-state index in [0.29, 0.717) is 5.69 Å². The molecule has 0 fully saturated rings. The number of nitrogens with one attached hydrogen (secondary N) is 1. The summed E-state index contributed by atoms with van der Waals surface area (Å²) >= 11 is 0. The number of aromatic nitrogens is 2. The molecule has 0 aliphatic carbocycles. The highest BCUT2D eigenvalue weighted by Crippen LogP contribution is 2.56. The zero-order valence-corrected chi connectivity index (χ0v) is 11.5. The first-order valence-corrected chi connectivity index (χ1v) is 7.13. The van der Waals surface area contributed by atoms with E-state index in [0.717, 1.165) is 5.69 Å². The number of allylic oxidation sites excluding steroid dienone is 1. The topological polar surface area (TPSA) is 88.0 Å². The molecular weight excluding hydrogens is 253 g/mol. The number of rotatable bonds is 6. The molecule has 0 bridgehead atoms. The molecule has 0 spiro atoms. The number of nitrogens with zero attached hydrogens (tertiary/aromatic N) is 2. The molecule has 0 radical (unpaired) electrons. The zero-order chi connectivity index (χ0) is 13.6. The number of H-pyrrole nitrogens is 1. The smallest absolute Gasteiger partial charge is 0.348 e. The summed E-state index contributed by atoms with van der Waals surface area (Å²) in [5.74, 6) is 0. The van der Waals surface area contributed by atoms with Crippen molar-refractivity contribution >= 4 is 13.7 Å². The van der Waals surface area contributed by atoms with Gasteiger partial charge in [0, 0.05) is 5.69 Å². The van der Waals surface area contributed by atoms with Crippen molar-refractivity contribution in [2.24, 2.45) is 0 Å². The lowest BCUT2D eigenvalue weighted by molar-refractivity contribution is 0.227. The van der Waals surface area contributed by atoms with E-state index in [4.69, 9.17) is 14.3 Å². The van der Waals surface area contributed by atoms with Crippen LogP contribution in [0.2, 0.25) is 0 Å².